The molecular weight excluding hydrogens is 258 g/mol. The largest absolute Gasteiger partial charge is 0.468 e. The van der Waals surface area contributed by atoms with Crippen LogP contribution < -0.4 is 4.90 Å². The van der Waals surface area contributed by atoms with Gasteiger partial charge in [-0.2, -0.15) is 0 Å². The number of aromatic nitrogens is 2. The molecule has 1 saturated carbocycles. The molecule has 0 radical (unpaired) electrons. The lowest BCUT2D eigenvalue weighted by molar-refractivity contribution is -0.140. The Morgan fingerprint density at radius 1 is 1.53 bits per heavy atom. The van der Waals surface area contributed by atoms with E-state index in [9.17, 15) is 4.79 Å². The number of carbonyl (C=O) groups is 1. The molecule has 17 heavy (non-hydrogen) atoms. The Labute approximate surface area is 109 Å². The van der Waals surface area contributed by atoms with Crippen molar-refractivity contribution >= 4 is 34.2 Å². The number of methoxy groups -OCH3 is 1. The molecule has 1 fully saturated rings. The van der Waals surface area contributed by atoms with Crippen LogP contribution in [0.3, 0.4) is 0 Å². The second-order valence-electron chi connectivity index (χ2n) is 4.14. The van der Waals surface area contributed by atoms with Gasteiger partial charge in [-0.25, -0.2) is 0 Å². The first-order valence-corrected chi connectivity index (χ1v) is 7.06. The number of nitrogens with zero attached hydrogens (tertiary/aromatic N) is 3. The monoisotopic (exact) mass is 273 g/mol. The van der Waals surface area contributed by atoms with E-state index in [1.165, 1.54) is 30.2 Å². The molecule has 0 aliphatic heterocycles. The van der Waals surface area contributed by atoms with E-state index < -0.39 is 0 Å². The quantitative estimate of drug-likeness (QED) is 0.600. The lowest BCUT2D eigenvalue weighted by Crippen LogP contribution is -2.20. The van der Waals surface area contributed by atoms with Crippen LogP contribution in [0.2, 0.25) is 0 Å². The van der Waals surface area contributed by atoms with Gasteiger partial charge in [0.2, 0.25) is 5.13 Å². The first kappa shape index (κ1) is 12.6. The molecule has 0 bridgehead atoms. The van der Waals surface area contributed by atoms with E-state index in [4.69, 9.17) is 4.74 Å². The summed E-state index contributed by atoms with van der Waals surface area (Å²) in [6, 6.07) is 0. The minimum atomic E-state index is -0.154. The predicted molar refractivity (Wildman–Crippen MR) is 68.6 cm³/mol. The zero-order valence-electron chi connectivity index (χ0n) is 10.0. The van der Waals surface area contributed by atoms with Crippen molar-refractivity contribution in [2.75, 3.05) is 26.1 Å². The van der Waals surface area contributed by atoms with E-state index >= 15 is 0 Å². The van der Waals surface area contributed by atoms with Crippen molar-refractivity contribution in [1.82, 2.24) is 10.2 Å². The third-order valence-electron chi connectivity index (χ3n) is 2.49. The van der Waals surface area contributed by atoms with Gasteiger partial charge in [0.1, 0.15) is 5.25 Å². The molecule has 1 atom stereocenters. The van der Waals surface area contributed by atoms with Crippen molar-refractivity contribution in [1.29, 1.82) is 0 Å². The fourth-order valence-corrected chi connectivity index (χ4v) is 3.58. The van der Waals surface area contributed by atoms with Crippen LogP contribution in [0.5, 0.6) is 0 Å². The SMILES string of the molecule is COC(=O)C(Sc1nnc(N(C)C)s1)C1CC1. The van der Waals surface area contributed by atoms with Crippen LogP contribution >= 0.6 is 23.1 Å². The van der Waals surface area contributed by atoms with Gasteiger partial charge in [0.05, 0.1) is 7.11 Å². The summed E-state index contributed by atoms with van der Waals surface area (Å²) in [6.07, 6.45) is 2.21. The van der Waals surface area contributed by atoms with Crippen LogP contribution in [0, 0.1) is 5.92 Å². The van der Waals surface area contributed by atoms with Gasteiger partial charge in [-0.15, -0.1) is 10.2 Å². The van der Waals surface area contributed by atoms with Gasteiger partial charge >= 0.3 is 5.97 Å². The molecule has 1 aromatic heterocycles. The van der Waals surface area contributed by atoms with E-state index in [-0.39, 0.29) is 11.2 Å². The number of hydrogen-bond donors (Lipinski definition) is 0. The third-order valence-corrected chi connectivity index (χ3v) is 5.03. The molecule has 1 aliphatic carbocycles. The van der Waals surface area contributed by atoms with E-state index in [2.05, 4.69) is 10.2 Å². The summed E-state index contributed by atoms with van der Waals surface area (Å²) in [5.74, 6) is 0.290. The van der Waals surface area contributed by atoms with Gasteiger partial charge in [-0.05, 0) is 18.8 Å². The summed E-state index contributed by atoms with van der Waals surface area (Å²) in [5, 5.41) is 8.87. The van der Waals surface area contributed by atoms with E-state index in [1.807, 2.05) is 19.0 Å². The summed E-state index contributed by atoms with van der Waals surface area (Å²) in [7, 11) is 5.28. The van der Waals surface area contributed by atoms with E-state index in [0.29, 0.717) is 5.92 Å². The average molecular weight is 273 g/mol. The van der Waals surface area contributed by atoms with Crippen molar-refractivity contribution in [2.24, 2.45) is 5.92 Å². The molecule has 1 aliphatic rings. The fraction of sp³-hybridized carbons (Fsp3) is 0.700. The van der Waals surface area contributed by atoms with Crippen LogP contribution in [-0.2, 0) is 9.53 Å². The zero-order valence-corrected chi connectivity index (χ0v) is 11.7. The zero-order chi connectivity index (χ0) is 12.4. The first-order valence-electron chi connectivity index (χ1n) is 5.37. The summed E-state index contributed by atoms with van der Waals surface area (Å²) in [6.45, 7) is 0. The lowest BCUT2D eigenvalue weighted by atomic mass is 10.3. The van der Waals surface area contributed by atoms with Crippen molar-refractivity contribution in [3.05, 3.63) is 0 Å². The highest BCUT2D eigenvalue weighted by molar-refractivity contribution is 8.02. The Morgan fingerprint density at radius 2 is 2.24 bits per heavy atom. The molecular formula is C10H15N3O2S2. The van der Waals surface area contributed by atoms with Gasteiger partial charge in [0, 0.05) is 14.1 Å². The van der Waals surface area contributed by atoms with Crippen molar-refractivity contribution in [3.63, 3.8) is 0 Å². The maximum atomic E-state index is 11.6. The van der Waals surface area contributed by atoms with Crippen LogP contribution in [0.4, 0.5) is 5.13 Å². The number of esters is 1. The standard InChI is InChI=1S/C10H15N3O2S2/c1-13(2)9-11-12-10(17-9)16-7(6-4-5-6)8(14)15-3/h6-7H,4-5H2,1-3H3. The molecule has 0 N–H and O–H groups in total. The maximum Gasteiger partial charge on any atom is 0.319 e. The van der Waals surface area contributed by atoms with Gasteiger partial charge in [-0.3, -0.25) is 4.79 Å². The Balaban J connectivity index is 2.03. The minimum absolute atomic E-state index is 0.122. The number of thioether (sulfide) groups is 1. The van der Waals surface area contributed by atoms with Gasteiger partial charge in [0.15, 0.2) is 4.34 Å². The Bertz CT molecular complexity index is 404. The molecule has 0 amide bonds. The summed E-state index contributed by atoms with van der Waals surface area (Å²) in [5.41, 5.74) is 0. The summed E-state index contributed by atoms with van der Waals surface area (Å²) in [4.78, 5) is 13.6. The topological polar surface area (TPSA) is 55.3 Å². The van der Waals surface area contributed by atoms with Crippen molar-refractivity contribution < 1.29 is 9.53 Å². The first-order chi connectivity index (χ1) is 8.11. The Morgan fingerprint density at radius 3 is 2.71 bits per heavy atom. The van der Waals surface area contributed by atoms with Gasteiger partial charge in [0.25, 0.3) is 0 Å². The third kappa shape index (κ3) is 3.10. The fourth-order valence-electron chi connectivity index (χ4n) is 1.39. The van der Waals surface area contributed by atoms with E-state index in [1.54, 1.807) is 0 Å². The number of carbonyl (C=O) groups excluding carboxylic acids is 1. The minimum Gasteiger partial charge on any atom is -0.468 e. The second-order valence-corrected chi connectivity index (χ2v) is 6.49. The highest BCUT2D eigenvalue weighted by Gasteiger charge is 2.38. The number of ether oxygens (including phenoxy) is 1. The normalized spacial score (nSPS) is 16.6. The molecule has 0 aromatic carbocycles. The molecule has 2 rings (SSSR count). The number of anilines is 1. The molecule has 0 saturated heterocycles. The lowest BCUT2D eigenvalue weighted by Gasteiger charge is -2.10. The Kier molecular flexibility index (Phi) is 3.88. The molecule has 94 valence electrons. The molecule has 0 spiro atoms. The predicted octanol–water partition coefficient (Wildman–Crippen LogP) is 1.65. The molecule has 5 nitrogen and oxygen atoms in total. The van der Waals surface area contributed by atoms with Crippen LogP contribution in [0.1, 0.15) is 12.8 Å². The smallest absolute Gasteiger partial charge is 0.319 e. The van der Waals surface area contributed by atoms with Crippen molar-refractivity contribution in [3.8, 4) is 0 Å². The van der Waals surface area contributed by atoms with Crippen molar-refractivity contribution in [2.45, 2.75) is 22.4 Å². The van der Waals surface area contributed by atoms with Crippen LogP contribution in [0.15, 0.2) is 4.34 Å². The van der Waals surface area contributed by atoms with Gasteiger partial charge in [-0.1, -0.05) is 23.1 Å². The highest BCUT2D eigenvalue weighted by Crippen LogP contribution is 2.43. The van der Waals surface area contributed by atoms with Gasteiger partial charge < -0.3 is 9.64 Å². The number of hydrogen-bond acceptors (Lipinski definition) is 7. The highest BCUT2D eigenvalue weighted by atomic mass is 32.2. The second kappa shape index (κ2) is 5.22. The molecule has 1 aromatic rings. The summed E-state index contributed by atoms with van der Waals surface area (Å²) < 4.78 is 5.66. The maximum absolute atomic E-state index is 11.6. The van der Waals surface area contributed by atoms with E-state index in [0.717, 1.165) is 22.3 Å². The Hall–Kier alpha value is -0.820. The molecule has 7 heteroatoms. The number of rotatable bonds is 5. The molecule has 1 heterocycles. The average Bonchev–Trinajstić information content (AvgIpc) is 3.03. The molecule has 1 unspecified atom stereocenters. The summed E-state index contributed by atoms with van der Waals surface area (Å²) >= 11 is 2.98. The van der Waals surface area contributed by atoms with Crippen LogP contribution in [-0.4, -0.2) is 42.6 Å². The van der Waals surface area contributed by atoms with Crippen LogP contribution in [0.25, 0.3) is 0 Å².